The third kappa shape index (κ3) is 3.36. The molecule has 0 saturated carbocycles. The van der Waals surface area contributed by atoms with Gasteiger partial charge < -0.3 is 10.6 Å². The Morgan fingerprint density at radius 3 is 2.74 bits per heavy atom. The van der Waals surface area contributed by atoms with Crippen LogP contribution in [0.2, 0.25) is 0 Å². The molecule has 0 atom stereocenters. The average molecular weight is 391 g/mol. The van der Waals surface area contributed by atoms with Crippen LogP contribution in [0.15, 0.2) is 41.2 Å². The molecule has 4 rings (SSSR count). The van der Waals surface area contributed by atoms with Gasteiger partial charge in [0.15, 0.2) is 0 Å². The van der Waals surface area contributed by atoms with Gasteiger partial charge in [-0.2, -0.15) is 0 Å². The number of carbonyl (C=O) groups excluding carboxylic acids is 1. The molecule has 27 heavy (non-hydrogen) atoms. The Balaban J connectivity index is 0.00000210. The first-order valence-corrected chi connectivity index (χ1v) is 8.51. The van der Waals surface area contributed by atoms with E-state index in [1.54, 1.807) is 19.2 Å². The van der Waals surface area contributed by atoms with Gasteiger partial charge in [0.05, 0.1) is 16.7 Å². The molecule has 6 nitrogen and oxygen atoms in total. The van der Waals surface area contributed by atoms with Gasteiger partial charge in [0.1, 0.15) is 12.4 Å². The summed E-state index contributed by atoms with van der Waals surface area (Å²) >= 11 is 0. The van der Waals surface area contributed by atoms with Crippen molar-refractivity contribution >= 4 is 35.0 Å². The fourth-order valence-electron chi connectivity index (χ4n) is 3.48. The number of nitrogens with zero attached hydrogens (tertiary/aromatic N) is 2. The lowest BCUT2D eigenvalue weighted by Gasteiger charge is -2.19. The first-order valence-electron chi connectivity index (χ1n) is 8.51. The Kier molecular flexibility index (Phi) is 5.34. The van der Waals surface area contributed by atoms with E-state index in [1.165, 1.54) is 9.13 Å². The van der Waals surface area contributed by atoms with E-state index < -0.39 is 5.91 Å². The average Bonchev–Trinajstić information content (AvgIpc) is 2.89. The minimum atomic E-state index is -0.434. The van der Waals surface area contributed by atoms with E-state index in [2.05, 4.69) is 10.6 Å². The minimum Gasteiger partial charge on any atom is -0.322 e. The van der Waals surface area contributed by atoms with Gasteiger partial charge in [0.25, 0.3) is 0 Å². The quantitative estimate of drug-likeness (QED) is 0.720. The summed E-state index contributed by atoms with van der Waals surface area (Å²) in [5, 5.41) is 5.80. The van der Waals surface area contributed by atoms with Crippen LogP contribution < -0.4 is 16.3 Å². The number of carbonyl (C=O) groups is 1. The fraction of sp³-hybridized carbons (Fsp3) is 0.263. The molecule has 2 N–H and O–H groups in total. The molecule has 0 aliphatic carbocycles. The summed E-state index contributed by atoms with van der Waals surface area (Å²) < 4.78 is 17.6. The normalized spacial score (nSPS) is 13.1. The van der Waals surface area contributed by atoms with E-state index in [1.807, 2.05) is 24.3 Å². The lowest BCUT2D eigenvalue weighted by molar-refractivity contribution is -0.116. The van der Waals surface area contributed by atoms with Crippen LogP contribution in [0.5, 0.6) is 0 Å². The topological polar surface area (TPSA) is 68.1 Å². The van der Waals surface area contributed by atoms with E-state index in [-0.39, 0.29) is 36.1 Å². The third-order valence-corrected chi connectivity index (χ3v) is 4.83. The zero-order valence-corrected chi connectivity index (χ0v) is 15.6. The van der Waals surface area contributed by atoms with Crippen LogP contribution in [0.3, 0.4) is 0 Å². The second-order valence-corrected chi connectivity index (χ2v) is 6.46. The van der Waals surface area contributed by atoms with Crippen LogP contribution in [0.4, 0.5) is 10.1 Å². The summed E-state index contributed by atoms with van der Waals surface area (Å²) in [6, 6.07) is 10.7. The van der Waals surface area contributed by atoms with Gasteiger partial charge >= 0.3 is 5.69 Å². The van der Waals surface area contributed by atoms with Crippen molar-refractivity contribution in [2.75, 3.05) is 11.9 Å². The van der Waals surface area contributed by atoms with Crippen molar-refractivity contribution in [2.45, 2.75) is 19.5 Å². The number of aryl methyl sites for hydroxylation is 1. The first-order chi connectivity index (χ1) is 12.6. The maximum Gasteiger partial charge on any atom is 0.329 e. The van der Waals surface area contributed by atoms with Gasteiger partial charge in [0.2, 0.25) is 5.91 Å². The Morgan fingerprint density at radius 2 is 1.96 bits per heavy atom. The van der Waals surface area contributed by atoms with Crippen LogP contribution in [-0.2, 0) is 31.4 Å². The van der Waals surface area contributed by atoms with Gasteiger partial charge in [-0.05, 0) is 42.3 Å². The van der Waals surface area contributed by atoms with Gasteiger partial charge in [-0.25, -0.2) is 9.18 Å². The highest BCUT2D eigenvalue weighted by Crippen LogP contribution is 2.24. The minimum absolute atomic E-state index is 0. The molecule has 1 aliphatic heterocycles. The van der Waals surface area contributed by atoms with Gasteiger partial charge in [-0.15, -0.1) is 12.4 Å². The molecule has 2 heterocycles. The number of amides is 1. The van der Waals surface area contributed by atoms with Gasteiger partial charge in [-0.1, -0.05) is 18.2 Å². The van der Waals surface area contributed by atoms with Crippen LogP contribution >= 0.6 is 12.4 Å². The highest BCUT2D eigenvalue weighted by Gasteiger charge is 2.19. The smallest absolute Gasteiger partial charge is 0.322 e. The molecule has 1 aromatic heterocycles. The maximum absolute atomic E-state index is 14.7. The van der Waals surface area contributed by atoms with Crippen molar-refractivity contribution in [3.05, 3.63) is 63.8 Å². The zero-order valence-electron chi connectivity index (χ0n) is 14.8. The molecule has 3 aromatic rings. The van der Waals surface area contributed by atoms with Crippen LogP contribution in [0.25, 0.3) is 11.0 Å². The molecule has 142 valence electrons. The van der Waals surface area contributed by atoms with E-state index in [4.69, 9.17) is 0 Å². The molecule has 0 saturated heterocycles. The number of hydrogen-bond acceptors (Lipinski definition) is 3. The monoisotopic (exact) mass is 390 g/mol. The number of nitrogens with one attached hydrogen (secondary N) is 2. The molecule has 2 aromatic carbocycles. The number of hydrogen-bond donors (Lipinski definition) is 2. The largest absolute Gasteiger partial charge is 0.329 e. The van der Waals surface area contributed by atoms with Crippen LogP contribution in [-0.4, -0.2) is 21.6 Å². The van der Waals surface area contributed by atoms with Crippen molar-refractivity contribution in [1.29, 1.82) is 0 Å². The Hall–Kier alpha value is -2.64. The zero-order chi connectivity index (χ0) is 18.3. The summed E-state index contributed by atoms with van der Waals surface area (Å²) in [6.07, 6.45) is 0.591. The number of fused-ring (bicyclic) bond motifs is 2. The van der Waals surface area contributed by atoms with Gasteiger partial charge in [-0.3, -0.25) is 13.9 Å². The lowest BCUT2D eigenvalue weighted by Crippen LogP contribution is -2.29. The molecular weight excluding hydrogens is 371 g/mol. The molecule has 8 heteroatoms. The standard InChI is InChI=1S/C19H19FN4O2.ClH/c1-23-15-4-2-3-5-16(15)24(19(23)26)11-17(25)22-14-7-6-12-10-21-9-8-13(12)18(14)20;/h2-7,21H,8-11H2,1H3,(H,22,25);1H. The molecule has 0 unspecified atom stereocenters. The predicted octanol–water partition coefficient (Wildman–Crippen LogP) is 2.19. The summed E-state index contributed by atoms with van der Waals surface area (Å²) in [7, 11) is 1.66. The number of benzene rings is 2. The number of imidazole rings is 1. The second-order valence-electron chi connectivity index (χ2n) is 6.46. The molecule has 0 spiro atoms. The highest BCUT2D eigenvalue weighted by molar-refractivity contribution is 5.92. The van der Waals surface area contributed by atoms with E-state index in [9.17, 15) is 14.0 Å². The second kappa shape index (κ2) is 7.54. The molecule has 0 bridgehead atoms. The molecule has 1 amide bonds. The Bertz CT molecular complexity index is 1070. The number of rotatable bonds is 3. The van der Waals surface area contributed by atoms with Crippen LogP contribution in [0, 0.1) is 5.82 Å². The van der Waals surface area contributed by atoms with Crippen molar-refractivity contribution in [1.82, 2.24) is 14.5 Å². The van der Waals surface area contributed by atoms with E-state index >= 15 is 0 Å². The highest BCUT2D eigenvalue weighted by atomic mass is 35.5. The summed E-state index contributed by atoms with van der Waals surface area (Å²) in [5.41, 5.74) is 2.85. The van der Waals surface area contributed by atoms with Crippen molar-refractivity contribution in [3.8, 4) is 0 Å². The van der Waals surface area contributed by atoms with Crippen molar-refractivity contribution in [2.24, 2.45) is 7.05 Å². The number of halogens is 2. The summed E-state index contributed by atoms with van der Waals surface area (Å²) in [6.45, 7) is 1.18. The van der Waals surface area contributed by atoms with Crippen molar-refractivity contribution < 1.29 is 9.18 Å². The Morgan fingerprint density at radius 1 is 1.22 bits per heavy atom. The van der Waals surface area contributed by atoms with E-state index in [0.29, 0.717) is 30.6 Å². The first kappa shape index (κ1) is 19.1. The number of aromatic nitrogens is 2. The van der Waals surface area contributed by atoms with E-state index in [0.717, 1.165) is 11.1 Å². The summed E-state index contributed by atoms with van der Waals surface area (Å²) in [4.78, 5) is 24.8. The fourth-order valence-corrected chi connectivity index (χ4v) is 3.48. The molecule has 0 radical (unpaired) electrons. The van der Waals surface area contributed by atoms with Gasteiger partial charge in [0, 0.05) is 13.6 Å². The number of para-hydroxylation sites is 2. The molecular formula is C19H20ClFN4O2. The molecule has 1 aliphatic rings. The SMILES string of the molecule is Cl.Cn1c(=O)n(CC(=O)Nc2ccc3c(c2F)CCNC3)c2ccccc21. The predicted molar refractivity (Wildman–Crippen MR) is 105 cm³/mol. The Labute approximate surface area is 161 Å². The van der Waals surface area contributed by atoms with Crippen LogP contribution in [0.1, 0.15) is 11.1 Å². The third-order valence-electron chi connectivity index (χ3n) is 4.83. The maximum atomic E-state index is 14.7. The number of anilines is 1. The summed E-state index contributed by atoms with van der Waals surface area (Å²) in [5.74, 6) is -0.821. The van der Waals surface area contributed by atoms with Crippen molar-refractivity contribution in [3.63, 3.8) is 0 Å². The lowest BCUT2D eigenvalue weighted by atomic mass is 9.99. The molecule has 0 fully saturated rings.